The minimum absolute atomic E-state index is 0.155. The molecule has 7 aliphatic heterocycles. The van der Waals surface area contributed by atoms with Crippen LogP contribution in [0.15, 0.2) is 12.2 Å². The highest BCUT2D eigenvalue weighted by Crippen LogP contribution is 2.39. The van der Waals surface area contributed by atoms with E-state index in [4.69, 9.17) is 66.3 Å². The van der Waals surface area contributed by atoms with Crippen molar-refractivity contribution in [3.63, 3.8) is 0 Å². The van der Waals surface area contributed by atoms with Crippen molar-refractivity contribution < 1.29 is 188 Å². The first-order chi connectivity index (χ1) is 60.4. The van der Waals surface area contributed by atoms with E-state index in [-0.39, 0.29) is 12.3 Å². The maximum Gasteiger partial charge on any atom is 0.220 e. The summed E-state index contributed by atoms with van der Waals surface area (Å²) in [6.07, 6.45) is -30.6. The Morgan fingerprint density at radius 3 is 1.05 bits per heavy atom. The fraction of sp³-hybridized carbons (Fsp3) is 0.929. The van der Waals surface area contributed by atoms with Gasteiger partial charge >= 0.3 is 0 Å². The minimum atomic E-state index is -2.40. The summed E-state index contributed by atoms with van der Waals surface area (Å²) in [5, 5.41) is 235. The van der Waals surface area contributed by atoms with E-state index in [1.165, 1.54) is 109 Å². The topological polar surface area (TPSA) is 650 Å². The van der Waals surface area contributed by atoms with Crippen molar-refractivity contribution in [1.29, 1.82) is 0 Å². The lowest BCUT2D eigenvalue weighted by Gasteiger charge is -2.51. The van der Waals surface area contributed by atoms with Gasteiger partial charge in [-0.3, -0.25) is 19.2 Å². The first-order valence-electron chi connectivity index (χ1n) is 45.5. The molecule has 14 unspecified atom stereocenters. The Hall–Kier alpha value is -3.74. The SMILES string of the molecule is CCCCCCCCCCCCC/C=C/[C@@H](O)[C@H](CO[C@@H]1OC(CO)[C@@H](O[C@@H]2OC(CO)[C@H](O)[C@H](O[C@@H]3OC(CO)[C@@H](O[C@@H]4OC(CO[C@@H]5OC(CO)[C@@H](O)[C@H](O)C5NC(C)=O)[C@H](O)[C@H](O[C@@H]5OC(CO)[C@@H](O[C@@H]6OC(CO)[C@H](O)[C@H](O)C6O)[C@H](O)C5NC(C)=O)C4O)[C@H](O)C3NC(C)=O)C2O)[C@H](O)C1O)NC(=O)CCCCCCCCCCCCCCCCC. The molecule has 7 rings (SSSR count). The smallest absolute Gasteiger partial charge is 0.220 e. The zero-order valence-corrected chi connectivity index (χ0v) is 73.3. The Kier molecular flexibility index (Phi) is 49.5. The Labute approximate surface area is 736 Å². The standard InChI is InChI=1S/C84H150N4O38/c1-6-8-10-12-14-16-18-20-21-23-25-27-29-31-33-35-56(99)88-47(48(98)34-32-30-28-26-24-22-19-17-15-13-11-9-7-2)42-113-81-70(110)68(108)75(54(41-94)120-81)124-83-71(111)76(62(102)51(38-91)117-83)125-79-59(87-46(5)97)66(106)74(53(40-93)119-79)123-84-72(112)77(63(103)55(121-84)43-114-78-57(85-44(3)95)64(104)60(100)49(36-89)115-78)126-80-58(86-45(4)96)65(105)73(52(39-92)118-80)122-82-69(109)67(107)61(101)50(37-90)116-82/h32,34,47-55,57-84,89-94,98,100-112H,6-31,33,35-43H2,1-5H3,(H,85,95)(H,86,96)(H,87,97)(H,88,99)/b34-32+/t47-,48+,49?,50?,51?,52?,53?,54?,55?,57?,58?,59?,60+,61-,62-,63-,64+,65+,66+,67-,68+,69?,70?,71?,72?,73+,74+,75+,76-,77-,78+,79-,80-,81+,82-,83-,84-/m0/s1. The average Bonchev–Trinajstić information content (AvgIpc) is 0.739. The van der Waals surface area contributed by atoms with Crippen molar-refractivity contribution >= 4 is 23.6 Å². The third-order valence-corrected chi connectivity index (χ3v) is 24.2. The van der Waals surface area contributed by atoms with Gasteiger partial charge in [0, 0.05) is 27.2 Å². The van der Waals surface area contributed by atoms with E-state index in [1.807, 2.05) is 6.08 Å². The Morgan fingerprint density at radius 2 is 0.635 bits per heavy atom. The molecule has 7 heterocycles. The molecule has 0 aromatic heterocycles. The van der Waals surface area contributed by atoms with Crippen LogP contribution in [-0.2, 0) is 85.5 Å². The van der Waals surface area contributed by atoms with E-state index in [1.54, 1.807) is 6.08 Å². The van der Waals surface area contributed by atoms with E-state index in [0.717, 1.165) is 72.1 Å². The molecule has 24 N–H and O–H groups in total. The normalized spacial score (nSPS) is 38.0. The molecular formula is C84H150N4O38. The van der Waals surface area contributed by atoms with Gasteiger partial charge in [-0.2, -0.15) is 0 Å². The number of aliphatic hydroxyl groups excluding tert-OH is 20. The summed E-state index contributed by atoms with van der Waals surface area (Å²) in [5.41, 5.74) is 0. The van der Waals surface area contributed by atoms with Crippen LogP contribution in [0.5, 0.6) is 0 Å². The van der Waals surface area contributed by atoms with Gasteiger partial charge in [-0.05, 0) is 19.3 Å². The maximum absolute atomic E-state index is 13.6. The lowest BCUT2D eigenvalue weighted by molar-refractivity contribution is -0.389. The highest BCUT2D eigenvalue weighted by Gasteiger charge is 2.59. The summed E-state index contributed by atoms with van der Waals surface area (Å²) in [6, 6.07) is -6.52. The first kappa shape index (κ1) is 109. The van der Waals surface area contributed by atoms with Crippen LogP contribution in [0.1, 0.15) is 214 Å². The molecule has 0 aliphatic carbocycles. The molecule has 4 amide bonds. The van der Waals surface area contributed by atoms with Crippen LogP contribution in [0.3, 0.4) is 0 Å². The number of hydrogen-bond donors (Lipinski definition) is 24. The molecule has 7 aliphatic rings. The van der Waals surface area contributed by atoms with Gasteiger partial charge in [0.2, 0.25) is 23.6 Å². The number of aliphatic hydroxyl groups is 20. The highest BCUT2D eigenvalue weighted by atomic mass is 16.8. The molecule has 37 atom stereocenters. The molecule has 7 fully saturated rings. The van der Waals surface area contributed by atoms with Crippen LogP contribution in [0.4, 0.5) is 0 Å². The predicted octanol–water partition coefficient (Wildman–Crippen LogP) is -4.46. The van der Waals surface area contributed by atoms with Crippen LogP contribution in [0.25, 0.3) is 0 Å². The van der Waals surface area contributed by atoms with Gasteiger partial charge in [0.1, 0.15) is 171 Å². The number of ether oxygens (including phenoxy) is 14. The second-order valence-corrected chi connectivity index (χ2v) is 34.2. The molecule has 0 aromatic rings. The summed E-state index contributed by atoms with van der Waals surface area (Å²) >= 11 is 0. The van der Waals surface area contributed by atoms with Crippen LogP contribution in [0.2, 0.25) is 0 Å². The van der Waals surface area contributed by atoms with Crippen molar-refractivity contribution in [1.82, 2.24) is 21.3 Å². The van der Waals surface area contributed by atoms with E-state index in [2.05, 4.69) is 35.1 Å². The molecular weight excluding hydrogens is 1670 g/mol. The van der Waals surface area contributed by atoms with Crippen LogP contribution in [-0.4, -0.2) is 406 Å². The van der Waals surface area contributed by atoms with Crippen molar-refractivity contribution in [3.8, 4) is 0 Å². The minimum Gasteiger partial charge on any atom is -0.394 e. The number of carbonyl (C=O) groups excluding carboxylic acids is 4. The summed E-state index contributed by atoms with van der Waals surface area (Å²) in [5.74, 6) is -2.97. The lowest BCUT2D eigenvalue weighted by atomic mass is 9.93. The number of nitrogens with one attached hydrogen (secondary N) is 4. The Morgan fingerprint density at radius 1 is 0.317 bits per heavy atom. The monoisotopic (exact) mass is 1820 g/mol. The van der Waals surface area contributed by atoms with Crippen LogP contribution in [0, 0.1) is 0 Å². The van der Waals surface area contributed by atoms with Gasteiger partial charge in [-0.1, -0.05) is 180 Å². The Balaban J connectivity index is 1.05. The number of carbonyl (C=O) groups is 4. The van der Waals surface area contributed by atoms with E-state index >= 15 is 0 Å². The zero-order chi connectivity index (χ0) is 92.3. The third kappa shape index (κ3) is 32.3. The summed E-state index contributed by atoms with van der Waals surface area (Å²) in [6.45, 7) is -0.129. The second kappa shape index (κ2) is 57.1. The van der Waals surface area contributed by atoms with Gasteiger partial charge in [0.05, 0.1) is 65.0 Å². The van der Waals surface area contributed by atoms with E-state index < -0.39 is 297 Å². The maximum atomic E-state index is 13.6. The highest BCUT2D eigenvalue weighted by molar-refractivity contribution is 5.76. The molecule has 0 bridgehead atoms. The molecule has 0 spiro atoms. The summed E-state index contributed by atoms with van der Waals surface area (Å²) in [4.78, 5) is 52.2. The van der Waals surface area contributed by atoms with Crippen molar-refractivity contribution in [2.24, 2.45) is 0 Å². The number of unbranched alkanes of at least 4 members (excludes halogenated alkanes) is 25. The molecule has 0 aromatic carbocycles. The molecule has 734 valence electrons. The molecule has 42 nitrogen and oxygen atoms in total. The number of allylic oxidation sites excluding steroid dienone is 1. The number of amides is 4. The van der Waals surface area contributed by atoms with E-state index in [9.17, 15) is 121 Å². The van der Waals surface area contributed by atoms with Gasteiger partial charge in [-0.25, -0.2) is 0 Å². The van der Waals surface area contributed by atoms with Gasteiger partial charge < -0.3 is 190 Å². The van der Waals surface area contributed by atoms with E-state index in [0.29, 0.717) is 12.8 Å². The molecule has 7 saturated heterocycles. The first-order valence-corrected chi connectivity index (χ1v) is 45.5. The quantitative estimate of drug-likeness (QED) is 0.0202. The number of hydrogen-bond acceptors (Lipinski definition) is 38. The molecule has 42 heteroatoms. The fourth-order valence-corrected chi connectivity index (χ4v) is 16.9. The molecule has 0 radical (unpaired) electrons. The molecule has 0 saturated carbocycles. The van der Waals surface area contributed by atoms with Crippen LogP contribution < -0.4 is 21.3 Å². The largest absolute Gasteiger partial charge is 0.394 e. The van der Waals surface area contributed by atoms with Crippen molar-refractivity contribution in [2.75, 3.05) is 52.9 Å². The summed E-state index contributed by atoms with van der Waals surface area (Å²) < 4.78 is 83.7. The predicted molar refractivity (Wildman–Crippen MR) is 438 cm³/mol. The average molecular weight is 1820 g/mol. The number of rotatable bonds is 56. The lowest BCUT2D eigenvalue weighted by Crippen LogP contribution is -2.71. The third-order valence-electron chi connectivity index (χ3n) is 24.2. The zero-order valence-electron chi connectivity index (χ0n) is 73.3. The van der Waals surface area contributed by atoms with Gasteiger partial charge in [-0.15, -0.1) is 0 Å². The molecule has 126 heavy (non-hydrogen) atoms. The van der Waals surface area contributed by atoms with Gasteiger partial charge in [0.15, 0.2) is 44.0 Å². The Bertz CT molecular complexity index is 3060. The van der Waals surface area contributed by atoms with Crippen molar-refractivity contribution in [3.05, 3.63) is 12.2 Å². The summed E-state index contributed by atoms with van der Waals surface area (Å²) in [7, 11) is 0. The second-order valence-electron chi connectivity index (χ2n) is 34.2. The van der Waals surface area contributed by atoms with Gasteiger partial charge in [0.25, 0.3) is 0 Å². The van der Waals surface area contributed by atoms with Crippen LogP contribution >= 0.6 is 0 Å². The fourth-order valence-electron chi connectivity index (χ4n) is 16.9. The van der Waals surface area contributed by atoms with Crippen molar-refractivity contribution in [2.45, 2.75) is 441 Å².